The predicted octanol–water partition coefficient (Wildman–Crippen LogP) is 2.49. The summed E-state index contributed by atoms with van der Waals surface area (Å²) < 4.78 is 0. The van der Waals surface area contributed by atoms with Gasteiger partial charge in [0.15, 0.2) is 0 Å². The van der Waals surface area contributed by atoms with Crippen molar-refractivity contribution in [3.8, 4) is 0 Å². The second-order valence-corrected chi connectivity index (χ2v) is 4.51. The Morgan fingerprint density at radius 2 is 2.31 bits per heavy atom. The first-order valence-corrected chi connectivity index (χ1v) is 5.72. The van der Waals surface area contributed by atoms with Crippen molar-refractivity contribution in [3.63, 3.8) is 0 Å². The number of hydrogen-bond acceptors (Lipinski definition) is 2. The molecule has 0 aliphatic carbocycles. The first-order chi connectivity index (χ1) is 7.59. The van der Waals surface area contributed by atoms with Gasteiger partial charge in [-0.1, -0.05) is 17.7 Å². The van der Waals surface area contributed by atoms with Gasteiger partial charge in [0.05, 0.1) is 0 Å². The molecule has 4 heteroatoms. The quantitative estimate of drug-likeness (QED) is 0.862. The molecule has 2 rings (SSSR count). The van der Waals surface area contributed by atoms with Gasteiger partial charge in [0.25, 0.3) is 0 Å². The van der Waals surface area contributed by atoms with E-state index in [9.17, 15) is 4.79 Å². The molecule has 0 spiro atoms. The molecule has 1 aromatic rings. The van der Waals surface area contributed by atoms with Crippen LogP contribution in [0.3, 0.4) is 0 Å². The lowest BCUT2D eigenvalue weighted by Gasteiger charge is -2.31. The van der Waals surface area contributed by atoms with Gasteiger partial charge in [-0.2, -0.15) is 0 Å². The van der Waals surface area contributed by atoms with E-state index in [2.05, 4.69) is 0 Å². The van der Waals surface area contributed by atoms with Crippen molar-refractivity contribution >= 4 is 23.3 Å². The number of benzene rings is 1. The Morgan fingerprint density at radius 1 is 1.56 bits per heavy atom. The predicted molar refractivity (Wildman–Crippen MR) is 64.4 cm³/mol. The van der Waals surface area contributed by atoms with Crippen LogP contribution >= 0.6 is 11.6 Å². The van der Waals surface area contributed by atoms with E-state index in [0.29, 0.717) is 5.02 Å². The third-order valence-corrected chi connectivity index (χ3v) is 3.37. The van der Waals surface area contributed by atoms with Crippen LogP contribution in [0, 0.1) is 6.92 Å². The number of rotatable bonds is 2. The van der Waals surface area contributed by atoms with Crippen molar-refractivity contribution < 1.29 is 9.90 Å². The fourth-order valence-electron chi connectivity index (χ4n) is 2.27. The van der Waals surface area contributed by atoms with Crippen molar-refractivity contribution in [2.24, 2.45) is 0 Å². The van der Waals surface area contributed by atoms with Gasteiger partial charge in [0, 0.05) is 17.3 Å². The fourth-order valence-corrected chi connectivity index (χ4v) is 2.42. The lowest BCUT2D eigenvalue weighted by Crippen LogP contribution is -2.34. The van der Waals surface area contributed by atoms with Gasteiger partial charge in [0.2, 0.25) is 0 Å². The summed E-state index contributed by atoms with van der Waals surface area (Å²) in [5, 5.41) is 9.58. The Morgan fingerprint density at radius 3 is 3.00 bits per heavy atom. The molecule has 0 saturated carbocycles. The van der Waals surface area contributed by atoms with Crippen LogP contribution in [0.2, 0.25) is 5.02 Å². The van der Waals surface area contributed by atoms with Gasteiger partial charge >= 0.3 is 5.97 Å². The number of anilines is 1. The molecule has 0 fully saturated rings. The van der Waals surface area contributed by atoms with Crippen molar-refractivity contribution in [3.05, 3.63) is 28.3 Å². The van der Waals surface area contributed by atoms with E-state index in [4.69, 9.17) is 16.7 Å². The summed E-state index contributed by atoms with van der Waals surface area (Å²) in [6.07, 6.45) is 2.00. The van der Waals surface area contributed by atoms with Crippen LogP contribution in [0.15, 0.2) is 12.1 Å². The van der Waals surface area contributed by atoms with Gasteiger partial charge in [-0.05, 0) is 37.0 Å². The number of halogens is 1. The summed E-state index contributed by atoms with van der Waals surface area (Å²) in [6.45, 7) is 2.79. The van der Waals surface area contributed by atoms with E-state index >= 15 is 0 Å². The van der Waals surface area contributed by atoms with E-state index in [1.54, 1.807) is 0 Å². The number of aryl methyl sites for hydroxylation is 1. The molecule has 3 nitrogen and oxygen atoms in total. The van der Waals surface area contributed by atoms with Crippen molar-refractivity contribution in [2.45, 2.75) is 19.8 Å². The van der Waals surface area contributed by atoms with Crippen molar-refractivity contribution in [1.29, 1.82) is 0 Å². The summed E-state index contributed by atoms with van der Waals surface area (Å²) in [4.78, 5) is 12.7. The van der Waals surface area contributed by atoms with Gasteiger partial charge in [-0.25, -0.2) is 0 Å². The lowest BCUT2D eigenvalue weighted by molar-refractivity contribution is -0.135. The Bertz CT molecular complexity index is 431. The minimum absolute atomic E-state index is 0.0498. The minimum atomic E-state index is -0.799. The largest absolute Gasteiger partial charge is 0.480 e. The molecular weight excluding hydrogens is 226 g/mol. The molecule has 0 aromatic heterocycles. The van der Waals surface area contributed by atoms with Gasteiger partial charge in [0.1, 0.15) is 6.54 Å². The summed E-state index contributed by atoms with van der Waals surface area (Å²) in [6, 6.07) is 3.89. The van der Waals surface area contributed by atoms with Crippen molar-refractivity contribution in [2.75, 3.05) is 18.0 Å². The summed E-state index contributed by atoms with van der Waals surface area (Å²) in [5.41, 5.74) is 3.20. The highest BCUT2D eigenvalue weighted by Gasteiger charge is 2.21. The van der Waals surface area contributed by atoms with Crippen LogP contribution in [0.25, 0.3) is 0 Å². The monoisotopic (exact) mass is 239 g/mol. The second kappa shape index (κ2) is 4.34. The molecule has 0 radical (unpaired) electrons. The normalized spacial score (nSPS) is 14.8. The molecule has 1 aromatic carbocycles. The molecule has 0 atom stereocenters. The summed E-state index contributed by atoms with van der Waals surface area (Å²) in [5.74, 6) is -0.799. The highest BCUT2D eigenvalue weighted by Crippen LogP contribution is 2.34. The maximum absolute atomic E-state index is 10.8. The van der Waals surface area contributed by atoms with Gasteiger partial charge in [-0.3, -0.25) is 4.79 Å². The smallest absolute Gasteiger partial charge is 0.323 e. The fraction of sp³-hybridized carbons (Fsp3) is 0.417. The maximum atomic E-state index is 10.8. The minimum Gasteiger partial charge on any atom is -0.480 e. The van der Waals surface area contributed by atoms with E-state index < -0.39 is 5.97 Å². The Hall–Kier alpha value is -1.22. The van der Waals surface area contributed by atoms with E-state index in [-0.39, 0.29) is 6.54 Å². The molecule has 0 unspecified atom stereocenters. The van der Waals surface area contributed by atoms with E-state index in [0.717, 1.165) is 30.6 Å². The third kappa shape index (κ3) is 2.00. The molecule has 1 heterocycles. The van der Waals surface area contributed by atoms with Crippen molar-refractivity contribution in [1.82, 2.24) is 0 Å². The second-order valence-electron chi connectivity index (χ2n) is 4.10. The molecule has 1 aliphatic heterocycles. The number of carbonyl (C=O) groups is 1. The van der Waals surface area contributed by atoms with Gasteiger partial charge in [-0.15, -0.1) is 0 Å². The zero-order valence-corrected chi connectivity index (χ0v) is 9.92. The molecule has 86 valence electrons. The molecule has 1 N–H and O–H groups in total. The van der Waals surface area contributed by atoms with E-state index in [1.807, 2.05) is 24.0 Å². The number of aliphatic carboxylic acids is 1. The first kappa shape index (κ1) is 11.3. The molecule has 0 bridgehead atoms. The average Bonchev–Trinajstić information content (AvgIpc) is 2.23. The zero-order valence-electron chi connectivity index (χ0n) is 9.16. The standard InChI is InChI=1S/C12H14ClNO2/c1-8-10(13)5-4-9-3-2-6-14(12(8)9)7-11(15)16/h4-5H,2-3,6-7H2,1H3,(H,15,16). The van der Waals surface area contributed by atoms with Crippen LogP contribution in [0.1, 0.15) is 17.5 Å². The average molecular weight is 240 g/mol. The number of nitrogens with zero attached hydrogens (tertiary/aromatic N) is 1. The topological polar surface area (TPSA) is 40.5 Å². The molecule has 1 aliphatic rings. The van der Waals surface area contributed by atoms with Crippen LogP contribution in [0.5, 0.6) is 0 Å². The SMILES string of the molecule is Cc1c(Cl)ccc2c1N(CC(=O)O)CCC2. The van der Waals surface area contributed by atoms with Crippen LogP contribution in [-0.2, 0) is 11.2 Å². The van der Waals surface area contributed by atoms with E-state index in [1.165, 1.54) is 5.56 Å². The molecule has 0 amide bonds. The number of carboxylic acid groups (broad SMARTS) is 1. The highest BCUT2D eigenvalue weighted by molar-refractivity contribution is 6.31. The van der Waals surface area contributed by atoms with Crippen LogP contribution in [-0.4, -0.2) is 24.2 Å². The Balaban J connectivity index is 2.43. The highest BCUT2D eigenvalue weighted by atomic mass is 35.5. The van der Waals surface area contributed by atoms with Crippen LogP contribution < -0.4 is 4.90 Å². The molecule has 0 saturated heterocycles. The van der Waals surface area contributed by atoms with Gasteiger partial charge < -0.3 is 10.0 Å². The molecular formula is C12H14ClNO2. The Labute approximate surface area is 99.6 Å². The number of hydrogen-bond donors (Lipinski definition) is 1. The Kier molecular flexibility index (Phi) is 3.06. The lowest BCUT2D eigenvalue weighted by atomic mass is 9.98. The summed E-state index contributed by atoms with van der Waals surface area (Å²) >= 11 is 6.07. The first-order valence-electron chi connectivity index (χ1n) is 5.34. The zero-order chi connectivity index (χ0) is 11.7. The third-order valence-electron chi connectivity index (χ3n) is 2.96. The number of carboxylic acids is 1. The number of fused-ring (bicyclic) bond motifs is 1. The molecule has 16 heavy (non-hydrogen) atoms. The maximum Gasteiger partial charge on any atom is 0.323 e. The van der Waals surface area contributed by atoms with Crippen LogP contribution in [0.4, 0.5) is 5.69 Å². The summed E-state index contributed by atoms with van der Waals surface area (Å²) in [7, 11) is 0.